The van der Waals surface area contributed by atoms with Gasteiger partial charge in [0.25, 0.3) is 0 Å². The molecule has 0 saturated heterocycles. The summed E-state index contributed by atoms with van der Waals surface area (Å²) in [4.78, 5) is 4.57. The average molecular weight is 568 g/mol. The number of rotatable bonds is 7. The number of nitrogens with zero attached hydrogens (tertiary/aromatic N) is 2. The third kappa shape index (κ3) is 5.50. The molecule has 0 amide bonds. The van der Waals surface area contributed by atoms with Crippen molar-refractivity contribution in [3.8, 4) is 11.1 Å². The zero-order valence-corrected chi connectivity index (χ0v) is 22.9. The van der Waals surface area contributed by atoms with Crippen molar-refractivity contribution in [2.24, 2.45) is 0 Å². The van der Waals surface area contributed by atoms with Crippen LogP contribution in [0.1, 0.15) is 0 Å². The van der Waals surface area contributed by atoms with E-state index < -0.39 is 0 Å². The summed E-state index contributed by atoms with van der Waals surface area (Å²) in [5.74, 6) is 0. The first kappa shape index (κ1) is 24.7. The summed E-state index contributed by atoms with van der Waals surface area (Å²) in [5.41, 5.74) is 8.99. The Hall–Kier alpha value is -4.60. The molecule has 0 aliphatic carbocycles. The minimum atomic E-state index is 1.03. The number of halogens is 1. The lowest BCUT2D eigenvalue weighted by Crippen LogP contribution is -2.10. The smallest absolute Gasteiger partial charge is 0.0479 e. The van der Waals surface area contributed by atoms with Gasteiger partial charge in [0.15, 0.2) is 0 Å². The van der Waals surface area contributed by atoms with Crippen LogP contribution in [0.3, 0.4) is 0 Å². The molecule has 0 fully saturated rings. The van der Waals surface area contributed by atoms with Crippen LogP contribution in [0.25, 0.3) is 11.1 Å². The van der Waals surface area contributed by atoms with Crippen LogP contribution in [-0.2, 0) is 0 Å². The molecule has 6 aromatic carbocycles. The van der Waals surface area contributed by atoms with Gasteiger partial charge >= 0.3 is 0 Å². The molecule has 0 spiro atoms. The fraction of sp³-hybridized carbons (Fsp3) is 0. The highest BCUT2D eigenvalue weighted by atomic mass is 79.9. The molecule has 188 valence electrons. The van der Waals surface area contributed by atoms with Crippen molar-refractivity contribution >= 4 is 50.1 Å². The van der Waals surface area contributed by atoms with E-state index in [-0.39, 0.29) is 0 Å². The Balaban J connectivity index is 1.40. The molecule has 3 heteroatoms. The lowest BCUT2D eigenvalue weighted by Gasteiger charge is -2.26. The molecule has 2 nitrogen and oxygen atoms in total. The number of hydrogen-bond acceptors (Lipinski definition) is 2. The van der Waals surface area contributed by atoms with Crippen molar-refractivity contribution in [1.82, 2.24) is 0 Å². The van der Waals surface area contributed by atoms with Crippen LogP contribution < -0.4 is 9.80 Å². The fourth-order valence-electron chi connectivity index (χ4n) is 4.88. The molecular weight excluding hydrogens is 540 g/mol. The molecule has 0 atom stereocenters. The summed E-state index contributed by atoms with van der Waals surface area (Å²) < 4.78 is 1.03. The normalized spacial score (nSPS) is 10.7. The van der Waals surface area contributed by atoms with Gasteiger partial charge < -0.3 is 9.80 Å². The maximum absolute atomic E-state index is 3.79. The Morgan fingerprint density at radius 2 is 0.667 bits per heavy atom. The van der Waals surface area contributed by atoms with Crippen LogP contribution in [0, 0.1) is 0 Å². The van der Waals surface area contributed by atoms with Crippen molar-refractivity contribution in [2.45, 2.75) is 0 Å². The van der Waals surface area contributed by atoms with E-state index in [1.165, 1.54) is 0 Å². The van der Waals surface area contributed by atoms with Crippen LogP contribution in [-0.4, -0.2) is 0 Å². The summed E-state index contributed by atoms with van der Waals surface area (Å²) in [6.07, 6.45) is 0. The summed E-state index contributed by atoms with van der Waals surface area (Å²) in [5, 5.41) is 0. The summed E-state index contributed by atoms with van der Waals surface area (Å²) in [6.45, 7) is 0. The molecule has 0 saturated carbocycles. The Morgan fingerprint density at radius 1 is 0.308 bits per heavy atom. The molecule has 39 heavy (non-hydrogen) atoms. The van der Waals surface area contributed by atoms with Crippen molar-refractivity contribution < 1.29 is 0 Å². The molecule has 0 N–H and O–H groups in total. The SMILES string of the molecule is Brc1cc(-c2ccc(N(c3ccccc3)c3ccccc3)cc2)cc(N(c2ccccc2)c2ccccc2)c1. The van der Waals surface area contributed by atoms with E-state index in [1.807, 2.05) is 0 Å². The van der Waals surface area contributed by atoms with E-state index in [9.17, 15) is 0 Å². The van der Waals surface area contributed by atoms with Crippen molar-refractivity contribution in [3.63, 3.8) is 0 Å². The minimum absolute atomic E-state index is 1.03. The maximum Gasteiger partial charge on any atom is 0.0479 e. The van der Waals surface area contributed by atoms with Gasteiger partial charge in [-0.05, 0) is 90.0 Å². The highest BCUT2D eigenvalue weighted by Gasteiger charge is 2.15. The van der Waals surface area contributed by atoms with Crippen LogP contribution in [0.4, 0.5) is 34.1 Å². The van der Waals surface area contributed by atoms with Gasteiger partial charge in [0, 0.05) is 38.6 Å². The van der Waals surface area contributed by atoms with Crippen molar-refractivity contribution in [2.75, 3.05) is 9.80 Å². The molecule has 0 bridgehead atoms. The second-order valence-corrected chi connectivity index (χ2v) is 10.2. The van der Waals surface area contributed by atoms with Crippen LogP contribution >= 0.6 is 15.9 Å². The van der Waals surface area contributed by atoms with E-state index >= 15 is 0 Å². The molecule has 0 aromatic heterocycles. The van der Waals surface area contributed by atoms with Gasteiger partial charge in [-0.2, -0.15) is 0 Å². The van der Waals surface area contributed by atoms with Gasteiger partial charge in [-0.3, -0.25) is 0 Å². The third-order valence-corrected chi connectivity index (χ3v) is 7.11. The van der Waals surface area contributed by atoms with Gasteiger partial charge in [0.05, 0.1) is 0 Å². The van der Waals surface area contributed by atoms with Crippen molar-refractivity contribution in [3.05, 3.63) is 168 Å². The summed E-state index contributed by atoms with van der Waals surface area (Å²) >= 11 is 3.79. The maximum atomic E-state index is 3.79. The minimum Gasteiger partial charge on any atom is -0.311 e. The average Bonchev–Trinajstić information content (AvgIpc) is 3.00. The second-order valence-electron chi connectivity index (χ2n) is 9.26. The predicted octanol–water partition coefficient (Wildman–Crippen LogP) is 11.1. The van der Waals surface area contributed by atoms with E-state index in [4.69, 9.17) is 0 Å². The Labute approximate surface area is 238 Å². The highest BCUT2D eigenvalue weighted by molar-refractivity contribution is 9.10. The van der Waals surface area contributed by atoms with Gasteiger partial charge in [-0.15, -0.1) is 0 Å². The predicted molar refractivity (Wildman–Crippen MR) is 169 cm³/mol. The monoisotopic (exact) mass is 566 g/mol. The zero-order chi connectivity index (χ0) is 26.4. The quantitative estimate of drug-likeness (QED) is 0.189. The topological polar surface area (TPSA) is 6.48 Å². The molecule has 0 radical (unpaired) electrons. The number of para-hydroxylation sites is 4. The van der Waals surface area contributed by atoms with E-state index in [0.717, 1.165) is 49.7 Å². The summed E-state index contributed by atoms with van der Waals surface area (Å²) in [7, 11) is 0. The lowest BCUT2D eigenvalue weighted by molar-refractivity contribution is 1.28. The third-order valence-electron chi connectivity index (χ3n) is 6.66. The zero-order valence-electron chi connectivity index (χ0n) is 21.4. The molecule has 0 unspecified atom stereocenters. The highest BCUT2D eigenvalue weighted by Crippen LogP contribution is 2.39. The fourth-order valence-corrected chi connectivity index (χ4v) is 5.36. The Kier molecular flexibility index (Phi) is 7.24. The number of hydrogen-bond donors (Lipinski definition) is 0. The standard InChI is InChI=1S/C36H27BrN2/c37-30-25-29(26-36(27-30)39(33-17-9-3-10-18-33)34-19-11-4-12-20-34)28-21-23-35(24-22-28)38(31-13-5-1-6-14-31)32-15-7-2-8-16-32/h1-27H. The number of anilines is 6. The Bertz CT molecular complexity index is 1560. The largest absolute Gasteiger partial charge is 0.311 e. The first-order chi connectivity index (χ1) is 19.3. The van der Waals surface area contributed by atoms with Gasteiger partial charge in [0.1, 0.15) is 0 Å². The first-order valence-electron chi connectivity index (χ1n) is 13.0. The van der Waals surface area contributed by atoms with Gasteiger partial charge in [-0.25, -0.2) is 0 Å². The van der Waals surface area contributed by atoms with Gasteiger partial charge in [-0.1, -0.05) is 101 Å². The first-order valence-corrected chi connectivity index (χ1v) is 13.8. The van der Waals surface area contributed by atoms with Crippen LogP contribution in [0.15, 0.2) is 168 Å². The Morgan fingerprint density at radius 3 is 1.08 bits per heavy atom. The van der Waals surface area contributed by atoms with E-state index in [2.05, 4.69) is 190 Å². The van der Waals surface area contributed by atoms with E-state index in [0.29, 0.717) is 0 Å². The molecular formula is C36H27BrN2. The molecule has 0 aliphatic rings. The van der Waals surface area contributed by atoms with Crippen LogP contribution in [0.5, 0.6) is 0 Å². The van der Waals surface area contributed by atoms with Gasteiger partial charge in [0.2, 0.25) is 0 Å². The molecule has 6 rings (SSSR count). The second kappa shape index (κ2) is 11.4. The molecule has 0 aliphatic heterocycles. The number of benzene rings is 6. The molecule has 0 heterocycles. The molecule has 6 aromatic rings. The van der Waals surface area contributed by atoms with E-state index in [1.54, 1.807) is 0 Å². The van der Waals surface area contributed by atoms with Crippen molar-refractivity contribution in [1.29, 1.82) is 0 Å². The lowest BCUT2D eigenvalue weighted by atomic mass is 10.0. The van der Waals surface area contributed by atoms with Crippen LogP contribution in [0.2, 0.25) is 0 Å². The summed E-state index contributed by atoms with van der Waals surface area (Å²) in [6, 6.07) is 57.4.